The van der Waals surface area contributed by atoms with E-state index in [-0.39, 0.29) is 18.0 Å². The van der Waals surface area contributed by atoms with Gasteiger partial charge in [-0.25, -0.2) is 12.8 Å². The van der Waals surface area contributed by atoms with Crippen molar-refractivity contribution in [3.63, 3.8) is 0 Å². The van der Waals surface area contributed by atoms with Crippen molar-refractivity contribution in [2.45, 2.75) is 11.8 Å². The molecule has 7 heteroatoms. The highest BCUT2D eigenvalue weighted by Gasteiger charge is 2.14. The molecule has 18 heavy (non-hydrogen) atoms. The van der Waals surface area contributed by atoms with Gasteiger partial charge in [-0.15, -0.1) is 0 Å². The molecule has 0 fully saturated rings. The first-order valence-electron chi connectivity index (χ1n) is 5.30. The Morgan fingerprint density at radius 2 is 1.94 bits per heavy atom. The Morgan fingerprint density at radius 1 is 1.33 bits per heavy atom. The van der Waals surface area contributed by atoms with Crippen molar-refractivity contribution in [2.24, 2.45) is 0 Å². The van der Waals surface area contributed by atoms with Gasteiger partial charge >= 0.3 is 5.97 Å². The molecule has 0 saturated heterocycles. The van der Waals surface area contributed by atoms with E-state index in [0.29, 0.717) is 0 Å². The van der Waals surface area contributed by atoms with Gasteiger partial charge in [-0.2, -0.15) is 0 Å². The molecule has 0 atom stereocenters. The van der Waals surface area contributed by atoms with Gasteiger partial charge in [0.1, 0.15) is 11.7 Å². The Morgan fingerprint density at radius 3 is 2.50 bits per heavy atom. The van der Waals surface area contributed by atoms with Crippen LogP contribution in [0.4, 0.5) is 4.39 Å². The van der Waals surface area contributed by atoms with Crippen molar-refractivity contribution in [1.29, 1.82) is 0 Å². The maximum Gasteiger partial charge on any atom is 0.319 e. The number of carbonyl (C=O) groups excluding carboxylic acids is 1. The lowest BCUT2D eigenvalue weighted by molar-refractivity contribution is -0.141. The van der Waals surface area contributed by atoms with Gasteiger partial charge in [0, 0.05) is 0 Å². The lowest BCUT2D eigenvalue weighted by atomic mass is 10.4. The summed E-state index contributed by atoms with van der Waals surface area (Å²) in [6, 6.07) is 4.49. The van der Waals surface area contributed by atoms with Crippen LogP contribution in [0.5, 0.6) is 0 Å². The molecular weight excluding hydrogens is 261 g/mol. The molecule has 0 spiro atoms. The van der Waals surface area contributed by atoms with Crippen LogP contribution in [-0.2, 0) is 19.4 Å². The Hall–Kier alpha value is -1.47. The molecule has 0 amide bonds. The van der Waals surface area contributed by atoms with Crippen LogP contribution in [0.1, 0.15) is 6.92 Å². The fourth-order valence-electron chi connectivity index (χ4n) is 1.22. The minimum absolute atomic E-state index is 0.000240. The van der Waals surface area contributed by atoms with Gasteiger partial charge in [-0.3, -0.25) is 10.1 Å². The van der Waals surface area contributed by atoms with Gasteiger partial charge in [0.2, 0.25) is 0 Å². The van der Waals surface area contributed by atoms with Crippen LogP contribution in [0.25, 0.3) is 0 Å². The van der Waals surface area contributed by atoms with Gasteiger partial charge in [0.25, 0.3) is 0 Å². The summed E-state index contributed by atoms with van der Waals surface area (Å²) in [5.74, 6) is -1.43. The number of nitrogens with one attached hydrogen (secondary N) is 1. The summed E-state index contributed by atoms with van der Waals surface area (Å²) in [6.07, 6.45) is 0. The average molecular weight is 275 g/mol. The molecule has 0 aliphatic heterocycles. The second-order valence-electron chi connectivity index (χ2n) is 3.44. The number of hydrogen-bond acceptors (Lipinski definition) is 5. The Bertz CT molecular complexity index is 498. The number of rotatable bonds is 6. The van der Waals surface area contributed by atoms with Crippen LogP contribution in [0.15, 0.2) is 29.2 Å². The van der Waals surface area contributed by atoms with E-state index in [1.165, 1.54) is 12.1 Å². The fraction of sp³-hybridized carbons (Fsp3) is 0.364. The Kier molecular flexibility index (Phi) is 5.24. The molecule has 0 bridgehead atoms. The number of hydrogen-bond donors (Lipinski definition) is 1. The van der Waals surface area contributed by atoms with Crippen LogP contribution < -0.4 is 5.32 Å². The molecular formula is C11H14FNO4S. The summed E-state index contributed by atoms with van der Waals surface area (Å²) in [4.78, 5) is 11.0. The third-order valence-corrected chi connectivity index (χ3v) is 3.61. The topological polar surface area (TPSA) is 72.5 Å². The summed E-state index contributed by atoms with van der Waals surface area (Å²) in [5, 5.41) is 2.47. The number of halogens is 1. The standard InChI is InChI=1S/C11H14FNO4S/c1-2-17-11(14)7-13-8-18(15,16)10-5-3-9(12)4-6-10/h3-6,13H,2,7-8H2,1H3. The molecule has 5 nitrogen and oxygen atoms in total. The van der Waals surface area contributed by atoms with Crippen LogP contribution in [0.2, 0.25) is 0 Å². The molecule has 0 aliphatic rings. The third kappa shape index (κ3) is 4.42. The molecule has 1 N–H and O–H groups in total. The van der Waals surface area contributed by atoms with Crippen LogP contribution in [0, 0.1) is 5.82 Å². The maximum atomic E-state index is 12.6. The quantitative estimate of drug-likeness (QED) is 0.611. The van der Waals surface area contributed by atoms with Crippen molar-refractivity contribution >= 4 is 15.8 Å². The van der Waals surface area contributed by atoms with E-state index in [1.54, 1.807) is 6.92 Å². The third-order valence-electron chi connectivity index (χ3n) is 2.04. The number of ether oxygens (including phenoxy) is 1. The highest BCUT2D eigenvalue weighted by Crippen LogP contribution is 2.10. The Balaban J connectivity index is 2.55. The number of sulfone groups is 1. The molecule has 0 saturated carbocycles. The minimum atomic E-state index is -3.57. The second-order valence-corrected chi connectivity index (χ2v) is 5.43. The Labute approximate surface area is 105 Å². The zero-order valence-electron chi connectivity index (χ0n) is 9.85. The predicted octanol–water partition coefficient (Wildman–Crippen LogP) is 0.710. The molecule has 0 aliphatic carbocycles. The molecule has 100 valence electrons. The van der Waals surface area contributed by atoms with Crippen molar-refractivity contribution in [1.82, 2.24) is 5.32 Å². The first kappa shape index (κ1) is 14.6. The van der Waals surface area contributed by atoms with E-state index < -0.39 is 27.5 Å². The van der Waals surface area contributed by atoms with Gasteiger partial charge in [-0.05, 0) is 31.2 Å². The zero-order chi connectivity index (χ0) is 13.6. The average Bonchev–Trinajstić information content (AvgIpc) is 2.29. The molecule has 0 unspecified atom stereocenters. The lowest BCUT2D eigenvalue weighted by Crippen LogP contribution is -2.29. The van der Waals surface area contributed by atoms with Gasteiger partial charge in [0.15, 0.2) is 9.84 Å². The first-order chi connectivity index (χ1) is 8.45. The van der Waals surface area contributed by atoms with E-state index in [2.05, 4.69) is 10.1 Å². The van der Waals surface area contributed by atoms with Gasteiger partial charge < -0.3 is 4.74 Å². The smallest absolute Gasteiger partial charge is 0.319 e. The van der Waals surface area contributed by atoms with Crippen LogP contribution in [-0.4, -0.2) is 33.4 Å². The SMILES string of the molecule is CCOC(=O)CNCS(=O)(=O)c1ccc(F)cc1. The van der Waals surface area contributed by atoms with E-state index in [0.717, 1.165) is 12.1 Å². The summed E-state index contributed by atoms with van der Waals surface area (Å²) < 4.78 is 40.8. The minimum Gasteiger partial charge on any atom is -0.465 e. The first-order valence-corrected chi connectivity index (χ1v) is 6.95. The van der Waals surface area contributed by atoms with Crippen molar-refractivity contribution in [3.8, 4) is 0 Å². The van der Waals surface area contributed by atoms with Crippen molar-refractivity contribution < 1.29 is 22.3 Å². The molecule has 1 rings (SSSR count). The highest BCUT2D eigenvalue weighted by atomic mass is 32.2. The number of carbonyl (C=O) groups is 1. The van der Waals surface area contributed by atoms with E-state index in [9.17, 15) is 17.6 Å². The van der Waals surface area contributed by atoms with Crippen LogP contribution in [0.3, 0.4) is 0 Å². The number of benzene rings is 1. The summed E-state index contributed by atoms with van der Waals surface area (Å²) >= 11 is 0. The zero-order valence-corrected chi connectivity index (χ0v) is 10.7. The predicted molar refractivity (Wildman–Crippen MR) is 63.1 cm³/mol. The summed E-state index contributed by atoms with van der Waals surface area (Å²) in [5.41, 5.74) is 0. The largest absolute Gasteiger partial charge is 0.465 e. The van der Waals surface area contributed by atoms with E-state index >= 15 is 0 Å². The highest BCUT2D eigenvalue weighted by molar-refractivity contribution is 7.91. The monoisotopic (exact) mass is 275 g/mol. The number of esters is 1. The van der Waals surface area contributed by atoms with Gasteiger partial charge in [-0.1, -0.05) is 0 Å². The normalized spacial score (nSPS) is 11.2. The molecule has 0 radical (unpaired) electrons. The maximum absolute atomic E-state index is 12.6. The molecule has 0 heterocycles. The van der Waals surface area contributed by atoms with Crippen molar-refractivity contribution in [3.05, 3.63) is 30.1 Å². The summed E-state index contributed by atoms with van der Waals surface area (Å²) in [6.45, 7) is 1.71. The van der Waals surface area contributed by atoms with Crippen molar-refractivity contribution in [2.75, 3.05) is 19.0 Å². The lowest BCUT2D eigenvalue weighted by Gasteiger charge is -2.06. The molecule has 0 aromatic heterocycles. The molecule has 1 aromatic rings. The molecule has 1 aromatic carbocycles. The fourth-order valence-corrected chi connectivity index (χ4v) is 2.31. The van der Waals surface area contributed by atoms with E-state index in [4.69, 9.17) is 0 Å². The summed E-state index contributed by atoms with van der Waals surface area (Å²) in [7, 11) is -3.57. The van der Waals surface area contributed by atoms with Gasteiger partial charge in [0.05, 0.1) is 18.0 Å². The van der Waals surface area contributed by atoms with E-state index in [1.807, 2.05) is 0 Å². The van der Waals surface area contributed by atoms with Crippen LogP contribution >= 0.6 is 0 Å². The second kappa shape index (κ2) is 6.46.